The smallest absolute Gasteiger partial charge is 0.273 e. The van der Waals surface area contributed by atoms with Crippen molar-refractivity contribution < 1.29 is 14.4 Å². The number of aliphatic imine (C=N–C) groups is 1. The Morgan fingerprint density at radius 1 is 0.661 bits per heavy atom. The monoisotopic (exact) mass is 777 g/mol. The van der Waals surface area contributed by atoms with Crippen LogP contribution in [0.3, 0.4) is 0 Å². The van der Waals surface area contributed by atoms with Gasteiger partial charge in [0.15, 0.2) is 0 Å². The largest absolute Gasteiger partial charge is 0.333 e. The van der Waals surface area contributed by atoms with Gasteiger partial charge in [-0.15, -0.1) is 22.7 Å². The van der Waals surface area contributed by atoms with Crippen LogP contribution in [0.2, 0.25) is 0 Å². The van der Waals surface area contributed by atoms with Crippen LogP contribution in [0, 0.1) is 0 Å². The van der Waals surface area contributed by atoms with Crippen molar-refractivity contribution >= 4 is 46.1 Å². The molecule has 0 radical (unpaired) electrons. The zero-order valence-corrected chi connectivity index (χ0v) is 33.0. The third-order valence-electron chi connectivity index (χ3n) is 10.5. The second kappa shape index (κ2) is 17.1. The summed E-state index contributed by atoms with van der Waals surface area (Å²) < 4.78 is 0. The minimum Gasteiger partial charge on any atom is -0.333 e. The number of amides is 3. The molecule has 56 heavy (non-hydrogen) atoms. The second-order valence-electron chi connectivity index (χ2n) is 14.3. The molecule has 2 atom stereocenters. The summed E-state index contributed by atoms with van der Waals surface area (Å²) >= 11 is 3.29. The van der Waals surface area contributed by atoms with Gasteiger partial charge in [-0.05, 0) is 59.9 Å². The molecule has 4 heterocycles. The molecule has 0 bridgehead atoms. The standard InChI is InChI=1S/C46H43N5O3S2/c1-2-11-41(52)49-43(36-14-7-4-8-15-36)46(54)51-27-10-17-38(51)45-48-30-40(56-45)35-24-20-33(21-25-35)32-18-22-34(23-19-32)39-29-47-44(55-39)37-16-9-26-50(37)42(53)28-31-12-5-3-6-13-31/h3-8,12-15,18-25,29-30,37-38H,2,9-11,16-17,26-28H2,1H3/t37-,38-/m0/s1. The lowest BCUT2D eigenvalue weighted by atomic mass is 10.0. The Labute approximate surface area is 335 Å². The van der Waals surface area contributed by atoms with Crippen molar-refractivity contribution in [3.05, 3.63) is 143 Å². The SMILES string of the molecule is CCCC(=O)N=C(C(=O)N1CCC[C@H]1c1ncc(-c2ccc(-c3ccc(-c4cnc([C@@H]5CCCN5C(=O)Cc5ccccc5)s4)cc3)cc2)s1)c1ccccc1. The molecule has 6 aromatic rings. The Hall–Kier alpha value is -5.58. The highest BCUT2D eigenvalue weighted by molar-refractivity contribution is 7.15. The van der Waals surface area contributed by atoms with E-state index < -0.39 is 0 Å². The molecule has 3 amide bonds. The maximum Gasteiger partial charge on any atom is 0.273 e. The van der Waals surface area contributed by atoms with Crippen molar-refractivity contribution in [2.45, 2.75) is 64.0 Å². The van der Waals surface area contributed by atoms with Gasteiger partial charge in [0, 0.05) is 37.5 Å². The van der Waals surface area contributed by atoms with E-state index in [0.29, 0.717) is 31.4 Å². The first-order chi connectivity index (χ1) is 27.4. The van der Waals surface area contributed by atoms with E-state index in [1.54, 1.807) is 22.7 Å². The Kier molecular flexibility index (Phi) is 11.4. The van der Waals surface area contributed by atoms with E-state index in [4.69, 9.17) is 9.97 Å². The number of carbonyl (C=O) groups is 3. The number of hydrogen-bond acceptors (Lipinski definition) is 7. The van der Waals surface area contributed by atoms with Gasteiger partial charge >= 0.3 is 0 Å². The minimum absolute atomic E-state index is 0.0335. The number of nitrogens with zero attached hydrogens (tertiary/aromatic N) is 5. The Bertz CT molecular complexity index is 2340. The van der Waals surface area contributed by atoms with Crippen LogP contribution in [0.4, 0.5) is 0 Å². The zero-order chi connectivity index (χ0) is 38.4. The number of aromatic nitrogens is 2. The third-order valence-corrected chi connectivity index (χ3v) is 12.8. The van der Waals surface area contributed by atoms with Crippen LogP contribution in [0.5, 0.6) is 0 Å². The zero-order valence-electron chi connectivity index (χ0n) is 31.3. The molecule has 2 aliphatic rings. The van der Waals surface area contributed by atoms with Crippen molar-refractivity contribution in [3.63, 3.8) is 0 Å². The van der Waals surface area contributed by atoms with Crippen LogP contribution in [-0.2, 0) is 20.8 Å². The van der Waals surface area contributed by atoms with Gasteiger partial charge in [0.2, 0.25) is 11.8 Å². The summed E-state index contributed by atoms with van der Waals surface area (Å²) in [6.07, 6.45) is 8.85. The maximum absolute atomic E-state index is 14.0. The summed E-state index contributed by atoms with van der Waals surface area (Å²) in [5, 5.41) is 1.89. The number of carbonyl (C=O) groups excluding carboxylic acids is 3. The van der Waals surface area contributed by atoms with Crippen LogP contribution < -0.4 is 0 Å². The lowest BCUT2D eigenvalue weighted by molar-refractivity contribution is -0.131. The summed E-state index contributed by atoms with van der Waals surface area (Å²) in [4.78, 5) is 59.6. The molecular formula is C46H43N5O3S2. The Morgan fingerprint density at radius 2 is 1.16 bits per heavy atom. The van der Waals surface area contributed by atoms with E-state index in [9.17, 15) is 14.4 Å². The second-order valence-corrected chi connectivity index (χ2v) is 16.4. The summed E-state index contributed by atoms with van der Waals surface area (Å²) in [5.74, 6) is -0.340. The highest BCUT2D eigenvalue weighted by Crippen LogP contribution is 2.40. The van der Waals surface area contributed by atoms with E-state index in [-0.39, 0.29) is 35.5 Å². The molecule has 2 aromatic heterocycles. The molecule has 4 aromatic carbocycles. The normalized spacial score (nSPS) is 17.1. The molecule has 8 rings (SSSR count). The number of likely N-dealkylation sites (tertiary alicyclic amines) is 2. The van der Waals surface area contributed by atoms with Crippen molar-refractivity contribution in [1.82, 2.24) is 19.8 Å². The molecule has 0 N–H and O–H groups in total. The molecule has 282 valence electrons. The van der Waals surface area contributed by atoms with E-state index >= 15 is 0 Å². The van der Waals surface area contributed by atoms with Gasteiger partial charge in [-0.1, -0.05) is 116 Å². The summed E-state index contributed by atoms with van der Waals surface area (Å²) in [5.41, 5.74) is 6.32. The van der Waals surface area contributed by atoms with E-state index in [0.717, 1.165) is 79.8 Å². The summed E-state index contributed by atoms with van der Waals surface area (Å²) in [6, 6.07) is 36.2. The lowest BCUT2D eigenvalue weighted by Crippen LogP contribution is -2.37. The first-order valence-corrected chi connectivity index (χ1v) is 21.0. The fraction of sp³-hybridized carbons (Fsp3) is 0.261. The summed E-state index contributed by atoms with van der Waals surface area (Å²) in [6.45, 7) is 3.30. The number of rotatable bonds is 11. The molecule has 0 spiro atoms. The number of hydrogen-bond donors (Lipinski definition) is 0. The van der Waals surface area contributed by atoms with Crippen LogP contribution >= 0.6 is 22.7 Å². The van der Waals surface area contributed by atoms with Crippen molar-refractivity contribution in [1.29, 1.82) is 0 Å². The first kappa shape index (κ1) is 37.3. The van der Waals surface area contributed by atoms with Gasteiger partial charge in [0.25, 0.3) is 5.91 Å². The molecule has 2 saturated heterocycles. The molecule has 0 aliphatic carbocycles. The molecule has 10 heteroatoms. The van der Waals surface area contributed by atoms with Gasteiger partial charge in [-0.25, -0.2) is 15.0 Å². The minimum atomic E-state index is -0.277. The van der Waals surface area contributed by atoms with E-state index in [1.807, 2.05) is 89.8 Å². The van der Waals surface area contributed by atoms with Crippen LogP contribution in [0.25, 0.3) is 32.0 Å². The van der Waals surface area contributed by atoms with Crippen molar-refractivity contribution in [2.24, 2.45) is 4.99 Å². The van der Waals surface area contributed by atoms with Gasteiger partial charge < -0.3 is 9.80 Å². The van der Waals surface area contributed by atoms with Gasteiger partial charge in [-0.3, -0.25) is 14.4 Å². The Balaban J connectivity index is 0.928. The topological polar surface area (TPSA) is 95.8 Å². The van der Waals surface area contributed by atoms with Crippen LogP contribution in [0.1, 0.15) is 78.7 Å². The van der Waals surface area contributed by atoms with Crippen molar-refractivity contribution in [2.75, 3.05) is 13.1 Å². The van der Waals surface area contributed by atoms with Gasteiger partial charge in [0.05, 0.1) is 28.3 Å². The third kappa shape index (κ3) is 8.17. The van der Waals surface area contributed by atoms with E-state index in [1.165, 1.54) is 0 Å². The summed E-state index contributed by atoms with van der Waals surface area (Å²) in [7, 11) is 0. The fourth-order valence-corrected chi connectivity index (χ4v) is 9.77. The average molecular weight is 778 g/mol. The highest BCUT2D eigenvalue weighted by atomic mass is 32.1. The highest BCUT2D eigenvalue weighted by Gasteiger charge is 2.35. The van der Waals surface area contributed by atoms with Crippen LogP contribution in [-0.4, -0.2) is 56.3 Å². The molecular weight excluding hydrogens is 735 g/mol. The number of thiazole rings is 2. The van der Waals surface area contributed by atoms with E-state index in [2.05, 4.69) is 53.5 Å². The van der Waals surface area contributed by atoms with Crippen LogP contribution in [0.15, 0.2) is 127 Å². The first-order valence-electron chi connectivity index (χ1n) is 19.4. The molecule has 0 unspecified atom stereocenters. The van der Waals surface area contributed by atoms with Gasteiger partial charge in [0.1, 0.15) is 15.7 Å². The fourth-order valence-electron chi connectivity index (χ4n) is 7.63. The predicted molar refractivity (Wildman–Crippen MR) is 225 cm³/mol. The molecule has 8 nitrogen and oxygen atoms in total. The Morgan fingerprint density at radius 3 is 1.71 bits per heavy atom. The van der Waals surface area contributed by atoms with Gasteiger partial charge in [-0.2, -0.15) is 0 Å². The number of benzene rings is 4. The maximum atomic E-state index is 14.0. The quantitative estimate of drug-likeness (QED) is 0.122. The lowest BCUT2D eigenvalue weighted by Gasteiger charge is -2.24. The average Bonchev–Trinajstić information content (AvgIpc) is 4.08. The molecule has 2 fully saturated rings. The molecule has 0 saturated carbocycles. The van der Waals surface area contributed by atoms with Crippen molar-refractivity contribution in [3.8, 4) is 32.0 Å². The predicted octanol–water partition coefficient (Wildman–Crippen LogP) is 9.99. The molecule has 2 aliphatic heterocycles.